The molecule has 3 rings (SSSR count). The first-order valence-electron chi connectivity index (χ1n) is 7.94. The molecule has 132 valence electrons. The first-order valence-corrected chi connectivity index (χ1v) is 8.32. The van der Waals surface area contributed by atoms with Crippen LogP contribution in [0.3, 0.4) is 0 Å². The molecule has 2 heterocycles. The van der Waals surface area contributed by atoms with Crippen molar-refractivity contribution in [3.05, 3.63) is 35.2 Å². The van der Waals surface area contributed by atoms with Crippen LogP contribution in [0.5, 0.6) is 0 Å². The van der Waals surface area contributed by atoms with Crippen LogP contribution in [0, 0.1) is 0 Å². The molecule has 0 bridgehead atoms. The molecule has 0 unspecified atom stereocenters. The molecule has 2 N–H and O–H groups in total. The lowest BCUT2D eigenvalue weighted by molar-refractivity contribution is -0.121. The van der Waals surface area contributed by atoms with Crippen molar-refractivity contribution >= 4 is 23.5 Å². The highest BCUT2D eigenvalue weighted by atomic mass is 35.5. The van der Waals surface area contributed by atoms with Gasteiger partial charge < -0.3 is 20.1 Å². The van der Waals surface area contributed by atoms with Gasteiger partial charge >= 0.3 is 6.03 Å². The van der Waals surface area contributed by atoms with E-state index in [1.165, 1.54) is 4.90 Å². The van der Waals surface area contributed by atoms with Gasteiger partial charge in [0.1, 0.15) is 12.6 Å². The van der Waals surface area contributed by atoms with Crippen LogP contribution < -0.4 is 10.6 Å². The van der Waals surface area contributed by atoms with Crippen molar-refractivity contribution in [3.63, 3.8) is 0 Å². The summed E-state index contributed by atoms with van der Waals surface area (Å²) in [6.07, 6.45) is 0.717. The Balaban J connectivity index is 1.65. The fourth-order valence-corrected chi connectivity index (χ4v) is 2.57. The first kappa shape index (κ1) is 17.2. The minimum Gasteiger partial charge on any atom is -0.354 e. The lowest BCUT2D eigenvalue weighted by atomic mass is 10.2. The van der Waals surface area contributed by atoms with E-state index in [2.05, 4.69) is 20.8 Å². The minimum absolute atomic E-state index is 0.0401. The Bertz CT molecular complexity index is 761. The summed E-state index contributed by atoms with van der Waals surface area (Å²) in [5, 5.41) is 10.1. The fraction of sp³-hybridized carbons (Fsp3) is 0.375. The standard InChI is InChI=1S/C16H18ClN5O3/c1-10(19-16(24)22-8-2-7-18-13(23)9-22)15-20-14(21-25-15)11-3-5-12(17)6-4-11/h3-6,10H,2,7-9H2,1H3,(H,18,23)(H,19,24)/t10-/m0/s1. The van der Waals surface area contributed by atoms with Crippen LogP contribution in [0.1, 0.15) is 25.3 Å². The van der Waals surface area contributed by atoms with E-state index in [4.69, 9.17) is 16.1 Å². The van der Waals surface area contributed by atoms with Gasteiger partial charge in [0.05, 0.1) is 0 Å². The first-order chi connectivity index (χ1) is 12.0. The number of amides is 3. The average molecular weight is 364 g/mol. The van der Waals surface area contributed by atoms with Gasteiger partial charge in [-0.2, -0.15) is 4.98 Å². The summed E-state index contributed by atoms with van der Waals surface area (Å²) in [7, 11) is 0. The van der Waals surface area contributed by atoms with Crippen molar-refractivity contribution < 1.29 is 14.1 Å². The highest BCUT2D eigenvalue weighted by molar-refractivity contribution is 6.30. The summed E-state index contributed by atoms with van der Waals surface area (Å²) in [4.78, 5) is 29.7. The van der Waals surface area contributed by atoms with Gasteiger partial charge in [0.2, 0.25) is 17.6 Å². The van der Waals surface area contributed by atoms with Gasteiger partial charge in [-0.25, -0.2) is 4.79 Å². The lowest BCUT2D eigenvalue weighted by Crippen LogP contribution is -2.44. The number of hydrogen-bond donors (Lipinski definition) is 2. The number of rotatable bonds is 3. The van der Waals surface area contributed by atoms with Gasteiger partial charge in [-0.3, -0.25) is 4.79 Å². The molecule has 3 amide bonds. The summed E-state index contributed by atoms with van der Waals surface area (Å²) >= 11 is 5.86. The number of carbonyl (C=O) groups is 2. The number of carbonyl (C=O) groups excluding carboxylic acids is 2. The summed E-state index contributed by atoms with van der Waals surface area (Å²) in [6, 6.07) is 6.24. The molecule has 1 atom stereocenters. The van der Waals surface area contributed by atoms with Crippen LogP contribution in [0.2, 0.25) is 5.02 Å². The molecule has 0 spiro atoms. The molecule has 1 fully saturated rings. The molecule has 1 aromatic carbocycles. The van der Waals surface area contributed by atoms with E-state index < -0.39 is 6.04 Å². The second kappa shape index (κ2) is 7.52. The molecule has 0 aliphatic carbocycles. The van der Waals surface area contributed by atoms with E-state index in [1.54, 1.807) is 31.2 Å². The van der Waals surface area contributed by atoms with Crippen LogP contribution >= 0.6 is 11.6 Å². The topological polar surface area (TPSA) is 100 Å². The monoisotopic (exact) mass is 363 g/mol. The van der Waals surface area contributed by atoms with E-state index in [0.29, 0.717) is 23.9 Å². The van der Waals surface area contributed by atoms with Gasteiger partial charge in [0, 0.05) is 23.7 Å². The van der Waals surface area contributed by atoms with Gasteiger partial charge in [-0.15, -0.1) is 0 Å². The van der Waals surface area contributed by atoms with Gasteiger partial charge in [-0.1, -0.05) is 16.8 Å². The van der Waals surface area contributed by atoms with Crippen molar-refractivity contribution in [2.45, 2.75) is 19.4 Å². The molecule has 8 nitrogen and oxygen atoms in total. The smallest absolute Gasteiger partial charge is 0.318 e. The average Bonchev–Trinajstić information content (AvgIpc) is 2.98. The molecular formula is C16H18ClN5O3. The van der Waals surface area contributed by atoms with Crippen LogP contribution in [-0.2, 0) is 4.79 Å². The molecule has 1 aliphatic rings. The zero-order chi connectivity index (χ0) is 17.8. The van der Waals surface area contributed by atoms with E-state index in [1.807, 2.05) is 0 Å². The summed E-state index contributed by atoms with van der Waals surface area (Å²) in [5.74, 6) is 0.544. The Morgan fingerprint density at radius 2 is 2.16 bits per heavy atom. The minimum atomic E-state index is -0.479. The molecule has 1 aliphatic heterocycles. The predicted molar refractivity (Wildman–Crippen MR) is 90.9 cm³/mol. The van der Waals surface area contributed by atoms with Gasteiger partial charge in [0.15, 0.2) is 0 Å². The number of hydrogen-bond acceptors (Lipinski definition) is 5. The Morgan fingerprint density at radius 1 is 1.40 bits per heavy atom. The van der Waals surface area contributed by atoms with Crippen molar-refractivity contribution in [1.82, 2.24) is 25.7 Å². The summed E-state index contributed by atoms with van der Waals surface area (Å²) in [5.41, 5.74) is 0.766. The van der Waals surface area contributed by atoms with Crippen LogP contribution in [-0.4, -0.2) is 46.6 Å². The Morgan fingerprint density at radius 3 is 2.92 bits per heavy atom. The van der Waals surface area contributed by atoms with Crippen molar-refractivity contribution in [2.24, 2.45) is 0 Å². The van der Waals surface area contributed by atoms with E-state index >= 15 is 0 Å². The third-order valence-corrected chi connectivity index (χ3v) is 4.06. The summed E-state index contributed by atoms with van der Waals surface area (Å²) in [6.45, 7) is 2.87. The van der Waals surface area contributed by atoms with Crippen molar-refractivity contribution in [3.8, 4) is 11.4 Å². The number of aromatic nitrogens is 2. The quantitative estimate of drug-likeness (QED) is 0.868. The molecule has 2 aromatic rings. The molecule has 25 heavy (non-hydrogen) atoms. The molecule has 1 aromatic heterocycles. The van der Waals surface area contributed by atoms with Crippen LogP contribution in [0.25, 0.3) is 11.4 Å². The van der Waals surface area contributed by atoms with E-state index in [0.717, 1.165) is 12.0 Å². The molecule has 1 saturated heterocycles. The molecule has 0 saturated carbocycles. The Hall–Kier alpha value is -2.61. The molecule has 9 heteroatoms. The number of nitrogens with one attached hydrogen (secondary N) is 2. The van der Waals surface area contributed by atoms with Crippen molar-refractivity contribution in [1.29, 1.82) is 0 Å². The maximum Gasteiger partial charge on any atom is 0.318 e. The van der Waals surface area contributed by atoms with E-state index in [-0.39, 0.29) is 24.4 Å². The fourth-order valence-electron chi connectivity index (χ4n) is 2.44. The second-order valence-electron chi connectivity index (χ2n) is 5.76. The van der Waals surface area contributed by atoms with Gasteiger partial charge in [0.25, 0.3) is 0 Å². The number of nitrogens with zero attached hydrogens (tertiary/aromatic N) is 3. The van der Waals surface area contributed by atoms with Crippen LogP contribution in [0.4, 0.5) is 4.79 Å². The number of urea groups is 1. The van der Waals surface area contributed by atoms with Gasteiger partial charge in [-0.05, 0) is 37.6 Å². The molecule has 0 radical (unpaired) electrons. The highest BCUT2D eigenvalue weighted by Gasteiger charge is 2.23. The number of halogens is 1. The Labute approximate surface area is 149 Å². The predicted octanol–water partition coefficient (Wildman–Crippen LogP) is 1.98. The third-order valence-electron chi connectivity index (χ3n) is 3.80. The lowest BCUT2D eigenvalue weighted by Gasteiger charge is -2.21. The Kier molecular flexibility index (Phi) is 5.18. The zero-order valence-electron chi connectivity index (χ0n) is 13.7. The van der Waals surface area contributed by atoms with Crippen LogP contribution in [0.15, 0.2) is 28.8 Å². The summed E-state index contributed by atoms with van der Waals surface area (Å²) < 4.78 is 5.24. The maximum atomic E-state index is 12.3. The largest absolute Gasteiger partial charge is 0.354 e. The van der Waals surface area contributed by atoms with E-state index in [9.17, 15) is 9.59 Å². The molecular weight excluding hydrogens is 346 g/mol. The highest BCUT2D eigenvalue weighted by Crippen LogP contribution is 2.20. The van der Waals surface area contributed by atoms with Crippen molar-refractivity contribution in [2.75, 3.05) is 19.6 Å². The zero-order valence-corrected chi connectivity index (χ0v) is 14.4. The SMILES string of the molecule is C[C@H](NC(=O)N1CCCNC(=O)C1)c1nc(-c2ccc(Cl)cc2)no1. The number of benzene rings is 1. The second-order valence-corrected chi connectivity index (χ2v) is 6.20. The normalized spacial score (nSPS) is 16.1. The third kappa shape index (κ3) is 4.27. The maximum absolute atomic E-state index is 12.3.